The fourth-order valence-corrected chi connectivity index (χ4v) is 1.30. The first-order chi connectivity index (χ1) is 7.36. The van der Waals surface area contributed by atoms with Crippen molar-refractivity contribution < 1.29 is 0 Å². The second-order valence-electron chi connectivity index (χ2n) is 3.27. The summed E-state index contributed by atoms with van der Waals surface area (Å²) < 4.78 is 0. The van der Waals surface area contributed by atoms with E-state index in [2.05, 4.69) is 30.6 Å². The zero-order valence-electron chi connectivity index (χ0n) is 8.95. The molecule has 15 heavy (non-hydrogen) atoms. The van der Waals surface area contributed by atoms with Crippen LogP contribution in [0, 0.1) is 0 Å². The Kier molecular flexibility index (Phi) is 5.20. The summed E-state index contributed by atoms with van der Waals surface area (Å²) in [5, 5.41) is 3.35. The molecule has 0 bridgehead atoms. The molecule has 1 nitrogen and oxygen atoms in total. The maximum atomic E-state index is 3.75. The fourth-order valence-electron chi connectivity index (χ4n) is 1.30. The number of hydrogen-bond acceptors (Lipinski definition) is 1. The molecule has 0 amide bonds. The van der Waals surface area contributed by atoms with Crippen LogP contribution in [0.15, 0.2) is 67.3 Å². The van der Waals surface area contributed by atoms with Crippen molar-refractivity contribution >= 4 is 0 Å². The summed E-state index contributed by atoms with van der Waals surface area (Å²) in [7, 11) is 0. The van der Waals surface area contributed by atoms with E-state index in [-0.39, 0.29) is 0 Å². The van der Waals surface area contributed by atoms with Crippen molar-refractivity contribution in [3.63, 3.8) is 0 Å². The second-order valence-corrected chi connectivity index (χ2v) is 3.27. The molecule has 0 radical (unpaired) electrons. The van der Waals surface area contributed by atoms with Gasteiger partial charge in [-0.1, -0.05) is 61.7 Å². The zero-order valence-corrected chi connectivity index (χ0v) is 8.95. The number of rotatable bonds is 6. The van der Waals surface area contributed by atoms with Gasteiger partial charge in [-0.2, -0.15) is 0 Å². The molecule has 0 spiro atoms. The smallest absolute Gasteiger partial charge is 0.0208 e. The molecular weight excluding hydrogens is 182 g/mol. The van der Waals surface area contributed by atoms with E-state index in [9.17, 15) is 0 Å². The van der Waals surface area contributed by atoms with Gasteiger partial charge in [-0.05, 0) is 11.1 Å². The Balaban J connectivity index is 2.36. The lowest BCUT2D eigenvalue weighted by atomic mass is 10.2. The minimum absolute atomic E-state index is 0.824. The molecule has 0 aliphatic carbocycles. The number of nitrogens with one attached hydrogen (secondary N) is 1. The summed E-state index contributed by atoms with van der Waals surface area (Å²) in [5.74, 6) is 0. The third kappa shape index (κ3) is 4.43. The molecule has 0 aliphatic rings. The number of hydrogen-bond donors (Lipinski definition) is 1. The Morgan fingerprint density at radius 1 is 1.20 bits per heavy atom. The van der Waals surface area contributed by atoms with Crippen LogP contribution in [-0.2, 0) is 6.54 Å². The second kappa shape index (κ2) is 6.80. The van der Waals surface area contributed by atoms with Crippen molar-refractivity contribution in [1.82, 2.24) is 5.32 Å². The average molecular weight is 199 g/mol. The van der Waals surface area contributed by atoms with E-state index >= 15 is 0 Å². The fraction of sp³-hybridized carbons (Fsp3) is 0.143. The Labute approximate surface area is 91.8 Å². The number of benzene rings is 1. The van der Waals surface area contributed by atoms with Gasteiger partial charge in [-0.15, -0.1) is 0 Å². The van der Waals surface area contributed by atoms with Gasteiger partial charge < -0.3 is 5.32 Å². The monoisotopic (exact) mass is 199 g/mol. The molecule has 0 aromatic heterocycles. The summed E-state index contributed by atoms with van der Waals surface area (Å²) in [4.78, 5) is 0. The molecule has 78 valence electrons. The number of allylic oxidation sites excluding steroid dienone is 2. The summed E-state index contributed by atoms with van der Waals surface area (Å²) in [6.45, 7) is 9.11. The molecule has 1 rings (SSSR count). The van der Waals surface area contributed by atoms with Crippen LogP contribution in [-0.4, -0.2) is 6.54 Å². The highest BCUT2D eigenvalue weighted by Gasteiger charge is 1.92. The molecular formula is C14H17N. The van der Waals surface area contributed by atoms with Gasteiger partial charge in [0, 0.05) is 13.1 Å². The van der Waals surface area contributed by atoms with E-state index in [0.717, 1.165) is 18.7 Å². The summed E-state index contributed by atoms with van der Waals surface area (Å²) >= 11 is 0. The maximum absolute atomic E-state index is 3.75. The van der Waals surface area contributed by atoms with E-state index in [4.69, 9.17) is 0 Å². The SMILES string of the molecule is C=C/C=C(\C=C)CNCc1ccccc1. The summed E-state index contributed by atoms with van der Waals surface area (Å²) in [6.07, 6.45) is 5.59. The summed E-state index contributed by atoms with van der Waals surface area (Å²) in [5.41, 5.74) is 2.44. The molecule has 0 saturated heterocycles. The van der Waals surface area contributed by atoms with E-state index in [1.807, 2.05) is 30.4 Å². The van der Waals surface area contributed by atoms with Gasteiger partial charge >= 0.3 is 0 Å². The highest BCUT2D eigenvalue weighted by molar-refractivity contribution is 5.22. The molecule has 0 fully saturated rings. The molecule has 1 heteroatoms. The normalized spacial score (nSPS) is 11.1. The molecule has 0 unspecified atom stereocenters. The standard InChI is InChI=1S/C14H17N/c1-3-8-13(4-2)11-15-12-14-9-6-5-7-10-14/h3-10,15H,1-2,11-12H2/b13-8+. The lowest BCUT2D eigenvalue weighted by Gasteiger charge is -2.04. The van der Waals surface area contributed by atoms with Crippen molar-refractivity contribution in [3.05, 3.63) is 72.9 Å². The van der Waals surface area contributed by atoms with Crippen LogP contribution >= 0.6 is 0 Å². The lowest BCUT2D eigenvalue weighted by Crippen LogP contribution is -2.15. The van der Waals surface area contributed by atoms with E-state index in [0.29, 0.717) is 0 Å². The highest BCUT2D eigenvalue weighted by atomic mass is 14.8. The van der Waals surface area contributed by atoms with E-state index < -0.39 is 0 Å². The third-order valence-electron chi connectivity index (χ3n) is 2.10. The van der Waals surface area contributed by atoms with Gasteiger partial charge in [0.2, 0.25) is 0 Å². The molecule has 0 heterocycles. The van der Waals surface area contributed by atoms with Crippen LogP contribution < -0.4 is 5.32 Å². The average Bonchev–Trinajstić information content (AvgIpc) is 2.29. The van der Waals surface area contributed by atoms with Crippen LogP contribution in [0.25, 0.3) is 0 Å². The minimum atomic E-state index is 0.824. The molecule has 1 aromatic rings. The first kappa shape index (κ1) is 11.5. The third-order valence-corrected chi connectivity index (χ3v) is 2.10. The Bertz CT molecular complexity index is 336. The molecule has 1 N–H and O–H groups in total. The zero-order chi connectivity index (χ0) is 10.9. The minimum Gasteiger partial charge on any atom is -0.309 e. The van der Waals surface area contributed by atoms with Gasteiger partial charge in [0.25, 0.3) is 0 Å². The van der Waals surface area contributed by atoms with Crippen LogP contribution in [0.2, 0.25) is 0 Å². The molecule has 0 saturated carbocycles. The first-order valence-electron chi connectivity index (χ1n) is 5.05. The topological polar surface area (TPSA) is 12.0 Å². The molecule has 0 aliphatic heterocycles. The predicted octanol–water partition coefficient (Wildman–Crippen LogP) is 3.07. The van der Waals surface area contributed by atoms with Crippen LogP contribution in [0.3, 0.4) is 0 Å². The Morgan fingerprint density at radius 2 is 1.93 bits per heavy atom. The van der Waals surface area contributed by atoms with Crippen LogP contribution in [0.4, 0.5) is 0 Å². The van der Waals surface area contributed by atoms with Crippen molar-refractivity contribution in [2.45, 2.75) is 6.54 Å². The van der Waals surface area contributed by atoms with Gasteiger partial charge in [0.05, 0.1) is 0 Å². The molecule has 1 aromatic carbocycles. The van der Waals surface area contributed by atoms with Crippen molar-refractivity contribution in [2.24, 2.45) is 0 Å². The lowest BCUT2D eigenvalue weighted by molar-refractivity contribution is 0.747. The van der Waals surface area contributed by atoms with E-state index in [1.165, 1.54) is 5.56 Å². The van der Waals surface area contributed by atoms with Crippen molar-refractivity contribution in [2.75, 3.05) is 6.54 Å². The highest BCUT2D eigenvalue weighted by Crippen LogP contribution is 1.99. The summed E-state index contributed by atoms with van der Waals surface area (Å²) in [6, 6.07) is 10.3. The largest absolute Gasteiger partial charge is 0.309 e. The van der Waals surface area contributed by atoms with Gasteiger partial charge in [-0.25, -0.2) is 0 Å². The predicted molar refractivity (Wildman–Crippen MR) is 66.6 cm³/mol. The molecule has 0 atom stereocenters. The quantitative estimate of drug-likeness (QED) is 0.694. The van der Waals surface area contributed by atoms with E-state index in [1.54, 1.807) is 6.08 Å². The van der Waals surface area contributed by atoms with Crippen LogP contribution in [0.5, 0.6) is 0 Å². The Morgan fingerprint density at radius 3 is 2.53 bits per heavy atom. The van der Waals surface area contributed by atoms with Crippen LogP contribution in [0.1, 0.15) is 5.56 Å². The Hall–Kier alpha value is -1.60. The van der Waals surface area contributed by atoms with Crippen molar-refractivity contribution in [1.29, 1.82) is 0 Å². The first-order valence-corrected chi connectivity index (χ1v) is 5.05. The van der Waals surface area contributed by atoms with Gasteiger partial charge in [0.15, 0.2) is 0 Å². The maximum Gasteiger partial charge on any atom is 0.0208 e. The van der Waals surface area contributed by atoms with Crippen molar-refractivity contribution in [3.8, 4) is 0 Å². The van der Waals surface area contributed by atoms with Gasteiger partial charge in [-0.3, -0.25) is 0 Å². The van der Waals surface area contributed by atoms with Gasteiger partial charge in [0.1, 0.15) is 0 Å².